The summed E-state index contributed by atoms with van der Waals surface area (Å²) >= 11 is 0. The molecule has 0 saturated carbocycles. The standard InChI is InChI=1S/C74H62N2Si2/c1-73(2,3)53-39-43-66-62(47-53)63-48-54(74(4,5)6)40-44-67(63)76(66)56-41-45-68-64(50-56)61-46-52(51-24-11-7-12-25-51)38-42-65(61)75(68)55-26-23-33-60(49-55)78(59-31-17-10-18-32-59)71-36-21-19-34-69(71)77(57-27-13-8-14-28-57,58-29-15-9-16-30-58)70-35-20-22-37-72(70)78/h7-50H,1-6H3/i7D,11D,12D,24D,25D. The van der Waals surface area contributed by atoms with E-state index in [2.05, 4.69) is 275 Å². The summed E-state index contributed by atoms with van der Waals surface area (Å²) in [5.41, 5.74) is 9.36. The molecule has 2 aromatic heterocycles. The molecule has 14 rings (SSSR count). The van der Waals surface area contributed by atoms with Gasteiger partial charge in [0.2, 0.25) is 0 Å². The van der Waals surface area contributed by atoms with Gasteiger partial charge in [-0.1, -0.05) is 242 Å². The molecule has 2 nitrogen and oxygen atoms in total. The Kier molecular flexibility index (Phi) is 9.83. The van der Waals surface area contributed by atoms with Gasteiger partial charge in [-0.2, -0.15) is 0 Å². The first kappa shape index (κ1) is 42.6. The van der Waals surface area contributed by atoms with E-state index in [1.54, 1.807) is 0 Å². The van der Waals surface area contributed by atoms with E-state index in [1.165, 1.54) is 63.4 Å². The Morgan fingerprint density at radius 1 is 0.308 bits per heavy atom. The number of hydrogen-bond acceptors (Lipinski definition) is 0. The third-order valence-electron chi connectivity index (χ3n) is 16.9. The molecule has 4 heteroatoms. The zero-order valence-electron chi connectivity index (χ0n) is 49.9. The van der Waals surface area contributed by atoms with Gasteiger partial charge in [0, 0.05) is 32.9 Å². The molecule has 0 amide bonds. The van der Waals surface area contributed by atoms with Crippen LogP contribution in [0.4, 0.5) is 0 Å². The second kappa shape index (κ2) is 18.0. The van der Waals surface area contributed by atoms with E-state index in [-0.39, 0.29) is 40.6 Å². The van der Waals surface area contributed by atoms with Crippen LogP contribution in [-0.2, 0) is 10.8 Å². The van der Waals surface area contributed by atoms with Gasteiger partial charge in [-0.05, 0) is 141 Å². The molecule has 376 valence electrons. The molecule has 0 aliphatic carbocycles. The Bertz CT molecular complexity index is 4570. The highest BCUT2D eigenvalue weighted by Gasteiger charge is 2.56. The third-order valence-corrected chi connectivity index (χ3v) is 27.2. The maximum Gasteiger partial charge on any atom is 0.179 e. The van der Waals surface area contributed by atoms with Crippen molar-refractivity contribution < 1.29 is 6.85 Å². The van der Waals surface area contributed by atoms with Gasteiger partial charge in [0.15, 0.2) is 16.1 Å². The Morgan fingerprint density at radius 3 is 1.14 bits per heavy atom. The first-order chi connectivity index (χ1) is 40.0. The SMILES string of the molecule is [2H]c1c([2H])c([2H])c(-c2ccc3c(c2)c2cc(-n4c5ccc(C(C)(C)C)cc5c5cc(C(C)(C)C)ccc54)ccc2n3-c2cccc([Si]3(c4ccccc4)c4ccccc4[Si](c4ccccc4)(c4ccccc4)c4ccccc43)c2)c([2H])c1[2H]. The zero-order valence-corrected chi connectivity index (χ0v) is 46.9. The summed E-state index contributed by atoms with van der Waals surface area (Å²) in [5, 5.41) is 15.2. The zero-order chi connectivity index (χ0) is 57.3. The molecule has 1 aliphatic rings. The molecule has 0 spiro atoms. The first-order valence-electron chi connectivity index (χ1n) is 29.8. The minimum atomic E-state index is -3.19. The third kappa shape index (κ3) is 7.20. The fourth-order valence-electron chi connectivity index (χ4n) is 13.3. The quantitative estimate of drug-likeness (QED) is 0.141. The summed E-state index contributed by atoms with van der Waals surface area (Å²) in [6, 6.07) is 86.9. The van der Waals surface area contributed by atoms with Crippen LogP contribution in [0.2, 0.25) is 0 Å². The molecule has 0 atom stereocenters. The largest absolute Gasteiger partial charge is 0.309 e. The lowest BCUT2D eigenvalue weighted by Gasteiger charge is -2.48. The van der Waals surface area contributed by atoms with Crippen molar-refractivity contribution in [2.45, 2.75) is 52.4 Å². The highest BCUT2D eigenvalue weighted by Crippen LogP contribution is 2.41. The lowest BCUT2D eigenvalue weighted by atomic mass is 9.85. The maximum absolute atomic E-state index is 9.13. The average molecular weight is 1040 g/mol. The average Bonchev–Trinajstić information content (AvgIpc) is 1.44. The second-order valence-electron chi connectivity index (χ2n) is 23.3. The van der Waals surface area contributed by atoms with Gasteiger partial charge < -0.3 is 9.13 Å². The minimum absolute atomic E-state index is 0.0517. The van der Waals surface area contributed by atoms with Crippen LogP contribution in [0.1, 0.15) is 59.5 Å². The van der Waals surface area contributed by atoms with Gasteiger partial charge in [-0.3, -0.25) is 0 Å². The number of benzene rings is 11. The van der Waals surface area contributed by atoms with Crippen molar-refractivity contribution in [2.75, 3.05) is 0 Å². The summed E-state index contributed by atoms with van der Waals surface area (Å²) in [7, 11) is -6.14. The normalized spacial score (nSPS) is 14.9. The van der Waals surface area contributed by atoms with Gasteiger partial charge >= 0.3 is 0 Å². The number of rotatable bonds is 7. The van der Waals surface area contributed by atoms with E-state index in [0.717, 1.165) is 44.2 Å². The fourth-order valence-corrected chi connectivity index (χ4v) is 25.4. The van der Waals surface area contributed by atoms with Crippen molar-refractivity contribution >= 4 is 101 Å². The molecular weight excluding hydrogens is 973 g/mol. The number of nitrogens with zero attached hydrogens (tertiary/aromatic N) is 2. The Labute approximate surface area is 467 Å². The van der Waals surface area contributed by atoms with Gasteiger partial charge in [0.25, 0.3) is 0 Å². The van der Waals surface area contributed by atoms with E-state index >= 15 is 0 Å². The molecule has 1 aliphatic heterocycles. The molecule has 0 bridgehead atoms. The van der Waals surface area contributed by atoms with Crippen LogP contribution in [0.25, 0.3) is 66.1 Å². The summed E-state index contributed by atoms with van der Waals surface area (Å²) in [4.78, 5) is 0. The van der Waals surface area contributed by atoms with Gasteiger partial charge in [0.1, 0.15) is 0 Å². The number of aromatic nitrogens is 2. The highest BCUT2D eigenvalue weighted by atomic mass is 28.3. The van der Waals surface area contributed by atoms with Crippen LogP contribution in [0.3, 0.4) is 0 Å². The number of hydrogen-bond donors (Lipinski definition) is 0. The first-order valence-corrected chi connectivity index (χ1v) is 31.3. The van der Waals surface area contributed by atoms with E-state index in [9.17, 15) is 0 Å². The van der Waals surface area contributed by atoms with Crippen molar-refractivity contribution in [1.82, 2.24) is 9.13 Å². The number of fused-ring (bicyclic) bond motifs is 8. The molecule has 0 fully saturated rings. The van der Waals surface area contributed by atoms with Crippen LogP contribution >= 0.6 is 0 Å². The Balaban J connectivity index is 1.06. The molecule has 78 heavy (non-hydrogen) atoms. The lowest BCUT2D eigenvalue weighted by Crippen LogP contribution is -2.93. The summed E-state index contributed by atoms with van der Waals surface area (Å²) in [5.74, 6) is 0. The van der Waals surface area contributed by atoms with E-state index < -0.39 is 22.2 Å². The predicted molar refractivity (Wildman–Crippen MR) is 339 cm³/mol. The van der Waals surface area contributed by atoms with Crippen LogP contribution < -0.4 is 41.5 Å². The minimum Gasteiger partial charge on any atom is -0.309 e. The smallest absolute Gasteiger partial charge is 0.179 e. The molecular formula is C74H62N2Si2. The van der Waals surface area contributed by atoms with Gasteiger partial charge in [-0.25, -0.2) is 0 Å². The predicted octanol–water partition coefficient (Wildman–Crippen LogP) is 13.2. The van der Waals surface area contributed by atoms with Crippen LogP contribution in [0, 0.1) is 0 Å². The van der Waals surface area contributed by atoms with Crippen LogP contribution in [0.15, 0.2) is 267 Å². The van der Waals surface area contributed by atoms with Gasteiger partial charge in [-0.15, -0.1) is 0 Å². The van der Waals surface area contributed by atoms with Crippen molar-refractivity contribution in [2.24, 2.45) is 0 Å². The summed E-state index contributed by atoms with van der Waals surface area (Å²) < 4.78 is 48.9. The van der Waals surface area contributed by atoms with Crippen molar-refractivity contribution in [3.63, 3.8) is 0 Å². The monoisotopic (exact) mass is 1040 g/mol. The molecule has 0 N–H and O–H groups in total. The lowest BCUT2D eigenvalue weighted by molar-refractivity contribution is 0.590. The van der Waals surface area contributed by atoms with E-state index in [1.807, 2.05) is 12.1 Å². The van der Waals surface area contributed by atoms with E-state index in [0.29, 0.717) is 5.56 Å². The Hall–Kier alpha value is -8.55. The van der Waals surface area contributed by atoms with Crippen molar-refractivity contribution in [3.8, 4) is 22.5 Å². The van der Waals surface area contributed by atoms with Gasteiger partial charge in [0.05, 0.1) is 28.9 Å². The van der Waals surface area contributed by atoms with E-state index in [4.69, 9.17) is 6.85 Å². The maximum atomic E-state index is 9.13. The Morgan fingerprint density at radius 2 is 0.679 bits per heavy atom. The second-order valence-corrected chi connectivity index (χ2v) is 30.8. The van der Waals surface area contributed by atoms with Crippen molar-refractivity contribution in [1.29, 1.82) is 0 Å². The van der Waals surface area contributed by atoms with Crippen molar-refractivity contribution in [3.05, 3.63) is 278 Å². The summed E-state index contributed by atoms with van der Waals surface area (Å²) in [6.07, 6.45) is 0. The van der Waals surface area contributed by atoms with Crippen LogP contribution in [-0.4, -0.2) is 25.3 Å². The molecule has 0 unspecified atom stereocenters. The topological polar surface area (TPSA) is 9.86 Å². The fraction of sp³-hybridized carbons (Fsp3) is 0.108. The molecule has 0 radical (unpaired) electrons. The molecule has 11 aromatic carbocycles. The summed E-state index contributed by atoms with van der Waals surface area (Å²) in [6.45, 7) is 13.6. The highest BCUT2D eigenvalue weighted by molar-refractivity contribution is 7.32. The van der Waals surface area contributed by atoms with Crippen LogP contribution in [0.5, 0.6) is 0 Å². The molecule has 0 saturated heterocycles. The molecule has 13 aromatic rings. The molecule has 3 heterocycles.